The van der Waals surface area contributed by atoms with Gasteiger partial charge in [-0.15, -0.1) is 0 Å². The van der Waals surface area contributed by atoms with Crippen LogP contribution in [-0.4, -0.2) is 13.1 Å². The van der Waals surface area contributed by atoms with Gasteiger partial charge in [0.1, 0.15) is 0 Å². The highest BCUT2D eigenvalue weighted by molar-refractivity contribution is 5.15. The summed E-state index contributed by atoms with van der Waals surface area (Å²) in [6, 6.07) is 10.7. The summed E-state index contributed by atoms with van der Waals surface area (Å²) in [5.41, 5.74) is 1.44. The average Bonchev–Trinajstić information content (AvgIpc) is 2.16. The zero-order chi connectivity index (χ0) is 9.52. The van der Waals surface area contributed by atoms with E-state index in [-0.39, 0.29) is 0 Å². The fraction of sp³-hybridized carbons (Fsp3) is 0.500. The number of hydrogen-bond donors (Lipinski definition) is 1. The van der Waals surface area contributed by atoms with Gasteiger partial charge < -0.3 is 5.32 Å². The first-order chi connectivity index (χ1) is 6.33. The van der Waals surface area contributed by atoms with Gasteiger partial charge in [0.25, 0.3) is 0 Å². The molecule has 1 atom stereocenters. The number of nitrogens with one attached hydrogen (secondary N) is 1. The summed E-state index contributed by atoms with van der Waals surface area (Å²) in [5.74, 6) is 0.724. The number of hydrogen-bond acceptors (Lipinski definition) is 1. The molecule has 1 heteroatoms. The molecular formula is C12H19N. The first-order valence-corrected chi connectivity index (χ1v) is 5.07. The molecule has 0 aromatic heterocycles. The summed E-state index contributed by atoms with van der Waals surface area (Å²) >= 11 is 0. The van der Waals surface area contributed by atoms with Crippen LogP contribution in [0.25, 0.3) is 0 Å². The standard InChI is InChI=1S/C12H19N/c1-3-13-10-11(2)9-12-7-5-4-6-8-12/h4-8,11,13H,3,9-10H2,1-2H3. The van der Waals surface area contributed by atoms with Crippen molar-refractivity contribution >= 4 is 0 Å². The lowest BCUT2D eigenvalue weighted by atomic mass is 10.0. The van der Waals surface area contributed by atoms with Gasteiger partial charge in [-0.05, 0) is 31.0 Å². The van der Waals surface area contributed by atoms with Crippen LogP contribution in [-0.2, 0) is 6.42 Å². The van der Waals surface area contributed by atoms with Crippen LogP contribution in [0.2, 0.25) is 0 Å². The Balaban J connectivity index is 2.32. The summed E-state index contributed by atoms with van der Waals surface area (Å²) < 4.78 is 0. The largest absolute Gasteiger partial charge is 0.317 e. The van der Waals surface area contributed by atoms with Gasteiger partial charge in [-0.1, -0.05) is 44.2 Å². The van der Waals surface area contributed by atoms with E-state index in [4.69, 9.17) is 0 Å². The highest BCUT2D eigenvalue weighted by atomic mass is 14.8. The van der Waals surface area contributed by atoms with Gasteiger partial charge in [-0.25, -0.2) is 0 Å². The molecule has 0 bridgehead atoms. The molecule has 0 aliphatic heterocycles. The Morgan fingerprint density at radius 2 is 1.92 bits per heavy atom. The predicted molar refractivity (Wildman–Crippen MR) is 57.9 cm³/mol. The Bertz CT molecular complexity index is 218. The highest BCUT2D eigenvalue weighted by Gasteiger charge is 2.01. The third-order valence-corrected chi connectivity index (χ3v) is 2.17. The third-order valence-electron chi connectivity index (χ3n) is 2.17. The van der Waals surface area contributed by atoms with Crippen LogP contribution in [0.3, 0.4) is 0 Å². The van der Waals surface area contributed by atoms with E-state index < -0.39 is 0 Å². The first-order valence-electron chi connectivity index (χ1n) is 5.07. The second-order valence-electron chi connectivity index (χ2n) is 3.60. The summed E-state index contributed by atoms with van der Waals surface area (Å²) in [5, 5.41) is 3.37. The number of benzene rings is 1. The number of rotatable bonds is 5. The highest BCUT2D eigenvalue weighted by Crippen LogP contribution is 2.06. The van der Waals surface area contributed by atoms with Gasteiger partial charge in [0.05, 0.1) is 0 Å². The molecule has 1 aromatic rings. The molecule has 13 heavy (non-hydrogen) atoms. The van der Waals surface area contributed by atoms with Gasteiger partial charge in [-0.2, -0.15) is 0 Å². The summed E-state index contributed by atoms with van der Waals surface area (Å²) in [6.45, 7) is 6.62. The fourth-order valence-electron chi connectivity index (χ4n) is 1.48. The van der Waals surface area contributed by atoms with Crippen molar-refractivity contribution in [2.45, 2.75) is 20.3 Å². The molecule has 1 nitrogen and oxygen atoms in total. The van der Waals surface area contributed by atoms with E-state index in [0.717, 1.165) is 19.0 Å². The van der Waals surface area contributed by atoms with Gasteiger partial charge in [0, 0.05) is 0 Å². The molecule has 1 unspecified atom stereocenters. The fourth-order valence-corrected chi connectivity index (χ4v) is 1.48. The molecule has 0 radical (unpaired) electrons. The molecule has 1 rings (SSSR count). The topological polar surface area (TPSA) is 12.0 Å². The minimum absolute atomic E-state index is 0.724. The third kappa shape index (κ3) is 4.09. The van der Waals surface area contributed by atoms with Crippen molar-refractivity contribution in [2.75, 3.05) is 13.1 Å². The maximum atomic E-state index is 3.37. The second kappa shape index (κ2) is 5.76. The van der Waals surface area contributed by atoms with E-state index in [1.807, 2.05) is 0 Å². The Morgan fingerprint density at radius 1 is 1.23 bits per heavy atom. The molecule has 0 saturated heterocycles. The predicted octanol–water partition coefficient (Wildman–Crippen LogP) is 2.47. The smallest absolute Gasteiger partial charge is 0.00201 e. The molecule has 72 valence electrons. The Morgan fingerprint density at radius 3 is 2.54 bits per heavy atom. The molecule has 0 saturated carbocycles. The molecule has 0 fully saturated rings. The Kier molecular flexibility index (Phi) is 4.55. The van der Waals surface area contributed by atoms with Crippen LogP contribution in [0.4, 0.5) is 0 Å². The van der Waals surface area contributed by atoms with Gasteiger partial charge in [-0.3, -0.25) is 0 Å². The van der Waals surface area contributed by atoms with E-state index in [1.165, 1.54) is 12.0 Å². The quantitative estimate of drug-likeness (QED) is 0.728. The molecule has 0 amide bonds. The van der Waals surface area contributed by atoms with Gasteiger partial charge >= 0.3 is 0 Å². The second-order valence-corrected chi connectivity index (χ2v) is 3.60. The zero-order valence-corrected chi connectivity index (χ0v) is 8.59. The lowest BCUT2D eigenvalue weighted by molar-refractivity contribution is 0.521. The molecule has 1 N–H and O–H groups in total. The van der Waals surface area contributed by atoms with Crippen molar-refractivity contribution < 1.29 is 0 Å². The van der Waals surface area contributed by atoms with E-state index in [1.54, 1.807) is 0 Å². The maximum Gasteiger partial charge on any atom is -0.00201 e. The molecular weight excluding hydrogens is 158 g/mol. The van der Waals surface area contributed by atoms with Gasteiger partial charge in [0.15, 0.2) is 0 Å². The van der Waals surface area contributed by atoms with E-state index in [2.05, 4.69) is 49.5 Å². The summed E-state index contributed by atoms with van der Waals surface area (Å²) in [7, 11) is 0. The van der Waals surface area contributed by atoms with Crippen molar-refractivity contribution in [3.05, 3.63) is 35.9 Å². The Hall–Kier alpha value is -0.820. The molecule has 0 aliphatic rings. The Labute approximate surface area is 81.2 Å². The van der Waals surface area contributed by atoms with Gasteiger partial charge in [0.2, 0.25) is 0 Å². The van der Waals surface area contributed by atoms with Crippen molar-refractivity contribution in [3.8, 4) is 0 Å². The SMILES string of the molecule is CCNCC(C)Cc1ccccc1. The lowest BCUT2D eigenvalue weighted by Crippen LogP contribution is -2.21. The molecule has 1 aromatic carbocycles. The van der Waals surface area contributed by atoms with Crippen LogP contribution in [0.15, 0.2) is 30.3 Å². The van der Waals surface area contributed by atoms with E-state index >= 15 is 0 Å². The van der Waals surface area contributed by atoms with Crippen LogP contribution < -0.4 is 5.32 Å². The summed E-state index contributed by atoms with van der Waals surface area (Å²) in [4.78, 5) is 0. The van der Waals surface area contributed by atoms with Crippen molar-refractivity contribution in [1.82, 2.24) is 5.32 Å². The van der Waals surface area contributed by atoms with Crippen molar-refractivity contribution in [2.24, 2.45) is 5.92 Å². The molecule has 0 aliphatic carbocycles. The van der Waals surface area contributed by atoms with Crippen molar-refractivity contribution in [3.63, 3.8) is 0 Å². The summed E-state index contributed by atoms with van der Waals surface area (Å²) in [6.07, 6.45) is 1.17. The monoisotopic (exact) mass is 177 g/mol. The van der Waals surface area contributed by atoms with E-state index in [9.17, 15) is 0 Å². The molecule has 0 spiro atoms. The zero-order valence-electron chi connectivity index (χ0n) is 8.59. The minimum atomic E-state index is 0.724. The van der Waals surface area contributed by atoms with E-state index in [0.29, 0.717) is 0 Å². The lowest BCUT2D eigenvalue weighted by Gasteiger charge is -2.11. The minimum Gasteiger partial charge on any atom is -0.317 e. The van der Waals surface area contributed by atoms with Crippen LogP contribution in [0.5, 0.6) is 0 Å². The maximum absolute atomic E-state index is 3.37. The van der Waals surface area contributed by atoms with Crippen molar-refractivity contribution in [1.29, 1.82) is 0 Å². The van der Waals surface area contributed by atoms with Crippen LogP contribution >= 0.6 is 0 Å². The van der Waals surface area contributed by atoms with Crippen LogP contribution in [0, 0.1) is 5.92 Å². The van der Waals surface area contributed by atoms with Crippen LogP contribution in [0.1, 0.15) is 19.4 Å². The normalized spacial score (nSPS) is 12.8. The first kappa shape index (κ1) is 10.3. The molecule has 0 heterocycles. The average molecular weight is 177 g/mol.